The number of nitrogens with zero attached hydrogens (tertiary/aromatic N) is 4. The van der Waals surface area contributed by atoms with Crippen LogP contribution < -0.4 is 10.6 Å². The topological polar surface area (TPSA) is 84.7 Å². The zero-order valence-electron chi connectivity index (χ0n) is 16.8. The zero-order valence-corrected chi connectivity index (χ0v) is 17.6. The molecule has 0 aliphatic carbocycles. The van der Waals surface area contributed by atoms with Crippen LogP contribution in [0.5, 0.6) is 0 Å². The number of aromatic nitrogens is 4. The number of hydrogen-bond donors (Lipinski definition) is 2. The minimum absolute atomic E-state index is 0.228. The highest BCUT2D eigenvalue weighted by Crippen LogP contribution is 2.25. The number of amides is 1. The molecule has 3 rings (SSSR count). The summed E-state index contributed by atoms with van der Waals surface area (Å²) in [6.07, 6.45) is 2.77. The molecule has 9 heteroatoms. The lowest BCUT2D eigenvalue weighted by molar-refractivity contribution is 0.0951. The molecule has 0 aliphatic rings. The van der Waals surface area contributed by atoms with Crippen molar-refractivity contribution in [2.24, 2.45) is 0 Å². The number of carbonyl (C=O) groups is 1. The van der Waals surface area contributed by atoms with Crippen LogP contribution in [0.15, 0.2) is 35.6 Å². The standard InChI is InChI=1S/C20H25FN6OS/c1-4-10-29-20-25-17(24-13(2)3)16-12-23-27(18(16)26-20)9-8-22-19(28)14-6-5-7-15(21)11-14/h5-7,11-13H,4,8-10H2,1-3H3,(H,22,28)(H,24,25,26). The predicted octanol–water partition coefficient (Wildman–Crippen LogP) is 3.72. The fourth-order valence-corrected chi connectivity index (χ4v) is 3.44. The van der Waals surface area contributed by atoms with E-state index >= 15 is 0 Å². The fraction of sp³-hybridized carbons (Fsp3) is 0.400. The van der Waals surface area contributed by atoms with Crippen LogP contribution in [0.25, 0.3) is 11.0 Å². The molecule has 1 aromatic carbocycles. The van der Waals surface area contributed by atoms with E-state index in [4.69, 9.17) is 0 Å². The van der Waals surface area contributed by atoms with E-state index in [0.29, 0.717) is 23.8 Å². The molecule has 1 amide bonds. The number of nitrogens with one attached hydrogen (secondary N) is 2. The van der Waals surface area contributed by atoms with Crippen molar-refractivity contribution in [2.45, 2.75) is 44.9 Å². The molecular weight excluding hydrogens is 391 g/mol. The third-order valence-corrected chi connectivity index (χ3v) is 5.09. The van der Waals surface area contributed by atoms with E-state index in [1.54, 1.807) is 28.7 Å². The van der Waals surface area contributed by atoms with Crippen LogP contribution in [-0.2, 0) is 6.54 Å². The van der Waals surface area contributed by atoms with Gasteiger partial charge in [0.25, 0.3) is 5.91 Å². The van der Waals surface area contributed by atoms with Crippen molar-refractivity contribution in [3.05, 3.63) is 41.8 Å². The molecule has 2 heterocycles. The van der Waals surface area contributed by atoms with E-state index < -0.39 is 5.82 Å². The van der Waals surface area contributed by atoms with Gasteiger partial charge in [-0.3, -0.25) is 4.79 Å². The molecule has 7 nitrogen and oxygen atoms in total. The van der Waals surface area contributed by atoms with Crippen molar-refractivity contribution in [2.75, 3.05) is 17.6 Å². The quantitative estimate of drug-likeness (QED) is 0.409. The Bertz CT molecular complexity index is 990. The lowest BCUT2D eigenvalue weighted by Crippen LogP contribution is -2.27. The van der Waals surface area contributed by atoms with Crippen molar-refractivity contribution in [1.82, 2.24) is 25.1 Å². The average Bonchev–Trinajstić information content (AvgIpc) is 3.09. The van der Waals surface area contributed by atoms with E-state index in [1.807, 2.05) is 0 Å². The molecule has 2 aromatic heterocycles. The first kappa shape index (κ1) is 21.0. The monoisotopic (exact) mass is 416 g/mol. The third kappa shape index (κ3) is 5.44. The highest BCUT2D eigenvalue weighted by Gasteiger charge is 2.14. The van der Waals surface area contributed by atoms with Crippen LogP contribution in [0, 0.1) is 5.82 Å². The maximum atomic E-state index is 13.3. The second-order valence-electron chi connectivity index (χ2n) is 6.87. The van der Waals surface area contributed by atoms with E-state index in [9.17, 15) is 9.18 Å². The van der Waals surface area contributed by atoms with Gasteiger partial charge in [-0.05, 0) is 38.5 Å². The molecule has 0 fully saturated rings. The van der Waals surface area contributed by atoms with Crippen LogP contribution in [0.3, 0.4) is 0 Å². The molecule has 0 aliphatic heterocycles. The van der Waals surface area contributed by atoms with E-state index in [2.05, 4.69) is 46.5 Å². The summed E-state index contributed by atoms with van der Waals surface area (Å²) in [4.78, 5) is 21.5. The predicted molar refractivity (Wildman–Crippen MR) is 114 cm³/mol. The van der Waals surface area contributed by atoms with Gasteiger partial charge in [-0.15, -0.1) is 0 Å². The average molecular weight is 417 g/mol. The van der Waals surface area contributed by atoms with Gasteiger partial charge in [0.2, 0.25) is 0 Å². The van der Waals surface area contributed by atoms with Gasteiger partial charge in [0.1, 0.15) is 11.6 Å². The van der Waals surface area contributed by atoms with Crippen molar-refractivity contribution in [3.8, 4) is 0 Å². The van der Waals surface area contributed by atoms with Gasteiger partial charge in [-0.1, -0.05) is 24.8 Å². The van der Waals surface area contributed by atoms with Gasteiger partial charge in [-0.25, -0.2) is 19.0 Å². The first-order valence-electron chi connectivity index (χ1n) is 9.64. The number of carbonyl (C=O) groups excluding carboxylic acids is 1. The zero-order chi connectivity index (χ0) is 20.8. The number of halogens is 1. The van der Waals surface area contributed by atoms with Crippen LogP contribution in [0.4, 0.5) is 10.2 Å². The normalized spacial score (nSPS) is 11.2. The number of rotatable bonds is 9. The minimum Gasteiger partial charge on any atom is -0.367 e. The van der Waals surface area contributed by atoms with Crippen molar-refractivity contribution in [1.29, 1.82) is 0 Å². The van der Waals surface area contributed by atoms with Gasteiger partial charge in [0.05, 0.1) is 18.1 Å². The van der Waals surface area contributed by atoms with Gasteiger partial charge in [0, 0.05) is 23.9 Å². The maximum absolute atomic E-state index is 13.3. The van der Waals surface area contributed by atoms with Gasteiger partial charge in [0.15, 0.2) is 10.8 Å². The lowest BCUT2D eigenvalue weighted by atomic mass is 10.2. The Kier molecular flexibility index (Phi) is 7.03. The number of anilines is 1. The largest absolute Gasteiger partial charge is 0.367 e. The smallest absolute Gasteiger partial charge is 0.251 e. The summed E-state index contributed by atoms with van der Waals surface area (Å²) in [5.41, 5.74) is 1.01. The molecule has 0 unspecified atom stereocenters. The Labute approximate surface area is 173 Å². The Hall–Kier alpha value is -2.68. The molecule has 0 saturated carbocycles. The van der Waals surface area contributed by atoms with Gasteiger partial charge in [-0.2, -0.15) is 5.10 Å². The molecule has 154 valence electrons. The molecule has 0 bridgehead atoms. The Morgan fingerprint density at radius 2 is 2.14 bits per heavy atom. The minimum atomic E-state index is -0.435. The fourth-order valence-electron chi connectivity index (χ4n) is 2.75. The van der Waals surface area contributed by atoms with Crippen LogP contribution in [0.2, 0.25) is 0 Å². The van der Waals surface area contributed by atoms with Crippen molar-refractivity contribution in [3.63, 3.8) is 0 Å². The molecule has 0 spiro atoms. The van der Waals surface area contributed by atoms with E-state index in [1.165, 1.54) is 18.2 Å². The van der Waals surface area contributed by atoms with E-state index in [-0.39, 0.29) is 11.9 Å². The van der Waals surface area contributed by atoms with Crippen molar-refractivity contribution < 1.29 is 9.18 Å². The molecular formula is C20H25FN6OS. The molecule has 0 saturated heterocycles. The van der Waals surface area contributed by atoms with Crippen molar-refractivity contribution >= 4 is 34.5 Å². The third-order valence-electron chi connectivity index (χ3n) is 4.03. The Morgan fingerprint density at radius 1 is 1.31 bits per heavy atom. The van der Waals surface area contributed by atoms with Crippen LogP contribution in [0.1, 0.15) is 37.6 Å². The summed E-state index contributed by atoms with van der Waals surface area (Å²) in [6, 6.07) is 5.85. The van der Waals surface area contributed by atoms with Crippen LogP contribution in [-0.4, -0.2) is 44.0 Å². The highest BCUT2D eigenvalue weighted by molar-refractivity contribution is 7.99. The highest BCUT2D eigenvalue weighted by atomic mass is 32.2. The summed E-state index contributed by atoms with van der Waals surface area (Å²) in [5.74, 6) is 0.940. The first-order valence-corrected chi connectivity index (χ1v) is 10.6. The van der Waals surface area contributed by atoms with Gasteiger partial charge >= 0.3 is 0 Å². The molecule has 0 radical (unpaired) electrons. The number of hydrogen-bond acceptors (Lipinski definition) is 6. The summed E-state index contributed by atoms with van der Waals surface area (Å²) in [7, 11) is 0. The SMILES string of the molecule is CCCSc1nc(NC(C)C)c2cnn(CCNC(=O)c3cccc(F)c3)c2n1. The molecule has 3 aromatic rings. The number of fused-ring (bicyclic) bond motifs is 1. The second kappa shape index (κ2) is 9.69. The summed E-state index contributed by atoms with van der Waals surface area (Å²) in [5, 5.41) is 12.1. The summed E-state index contributed by atoms with van der Waals surface area (Å²) in [6.45, 7) is 7.02. The number of benzene rings is 1. The first-order chi connectivity index (χ1) is 14.0. The Morgan fingerprint density at radius 3 is 2.86 bits per heavy atom. The van der Waals surface area contributed by atoms with Crippen LogP contribution >= 0.6 is 11.8 Å². The maximum Gasteiger partial charge on any atom is 0.251 e. The summed E-state index contributed by atoms with van der Waals surface area (Å²) < 4.78 is 15.0. The molecule has 2 N–H and O–H groups in total. The number of thioether (sulfide) groups is 1. The molecule has 0 atom stereocenters. The summed E-state index contributed by atoms with van der Waals surface area (Å²) >= 11 is 1.61. The van der Waals surface area contributed by atoms with E-state index in [0.717, 1.165) is 29.0 Å². The molecule has 29 heavy (non-hydrogen) atoms. The lowest BCUT2D eigenvalue weighted by Gasteiger charge is -2.12. The van der Waals surface area contributed by atoms with Gasteiger partial charge < -0.3 is 10.6 Å². The Balaban J connectivity index is 1.75. The second-order valence-corrected chi connectivity index (χ2v) is 7.94.